The van der Waals surface area contributed by atoms with E-state index in [4.69, 9.17) is 4.74 Å². The van der Waals surface area contributed by atoms with Crippen LogP contribution in [0, 0.1) is 19.3 Å². The third-order valence-electron chi connectivity index (χ3n) is 5.13. The number of hydrogen-bond donors (Lipinski definition) is 1. The lowest BCUT2D eigenvalue weighted by Crippen LogP contribution is -2.22. The molecule has 0 spiro atoms. The molecule has 3 nitrogen and oxygen atoms in total. The highest BCUT2D eigenvalue weighted by atomic mass is 79.9. The number of aromatic hydroxyl groups is 1. The highest BCUT2D eigenvalue weighted by Gasteiger charge is 2.33. The van der Waals surface area contributed by atoms with E-state index in [9.17, 15) is 9.90 Å². The van der Waals surface area contributed by atoms with Crippen molar-refractivity contribution in [3.63, 3.8) is 0 Å². The number of carbonyl (C=O) groups is 1. The Balaban J connectivity index is 2.13. The van der Waals surface area contributed by atoms with Crippen LogP contribution in [-0.2, 0) is 0 Å². The Morgan fingerprint density at radius 2 is 1.53 bits per heavy atom. The van der Waals surface area contributed by atoms with Gasteiger partial charge in [0.2, 0.25) is 0 Å². The van der Waals surface area contributed by atoms with Gasteiger partial charge in [-0.3, -0.25) is 0 Å². The van der Waals surface area contributed by atoms with Crippen LogP contribution in [0.3, 0.4) is 0 Å². The lowest BCUT2D eigenvalue weighted by molar-refractivity contribution is 0.0730. The molecule has 3 rings (SSSR count). The number of rotatable bonds is 4. The van der Waals surface area contributed by atoms with Crippen molar-refractivity contribution in [2.24, 2.45) is 5.41 Å². The van der Waals surface area contributed by atoms with Crippen LogP contribution in [0.15, 0.2) is 65.1 Å². The Kier molecular flexibility index (Phi) is 6.37. The van der Waals surface area contributed by atoms with Crippen LogP contribution in [-0.4, -0.2) is 11.1 Å². The smallest absolute Gasteiger partial charge is 0.344 e. The van der Waals surface area contributed by atoms with E-state index in [2.05, 4.69) is 36.7 Å². The molecule has 0 fully saturated rings. The van der Waals surface area contributed by atoms with Crippen LogP contribution in [0.25, 0.3) is 0 Å². The Morgan fingerprint density at radius 1 is 0.933 bits per heavy atom. The highest BCUT2D eigenvalue weighted by molar-refractivity contribution is 9.10. The first-order chi connectivity index (χ1) is 14.1. The molecule has 156 valence electrons. The lowest BCUT2D eigenvalue weighted by atomic mass is 9.71. The molecule has 30 heavy (non-hydrogen) atoms. The minimum absolute atomic E-state index is 0.167. The fraction of sp³-hybridized carbons (Fsp3) is 0.269. The van der Waals surface area contributed by atoms with Crippen molar-refractivity contribution in [2.45, 2.75) is 40.5 Å². The number of benzene rings is 3. The maximum Gasteiger partial charge on any atom is 0.344 e. The monoisotopic (exact) mass is 466 g/mol. The van der Waals surface area contributed by atoms with Crippen LogP contribution in [0.1, 0.15) is 59.3 Å². The summed E-state index contributed by atoms with van der Waals surface area (Å²) in [6.07, 6.45) is 0. The van der Waals surface area contributed by atoms with E-state index in [0.717, 1.165) is 22.3 Å². The van der Waals surface area contributed by atoms with Crippen LogP contribution in [0.2, 0.25) is 0 Å². The number of phenols is 1. The number of ether oxygens (including phenoxy) is 1. The normalized spacial score (nSPS) is 12.5. The van der Waals surface area contributed by atoms with Crippen molar-refractivity contribution >= 4 is 21.9 Å². The Labute approximate surface area is 186 Å². The van der Waals surface area contributed by atoms with Crippen LogP contribution in [0.4, 0.5) is 0 Å². The predicted molar refractivity (Wildman–Crippen MR) is 124 cm³/mol. The van der Waals surface area contributed by atoms with Crippen LogP contribution in [0.5, 0.6) is 11.5 Å². The van der Waals surface area contributed by atoms with Crippen molar-refractivity contribution in [3.8, 4) is 11.5 Å². The van der Waals surface area contributed by atoms with Gasteiger partial charge in [-0.15, -0.1) is 0 Å². The maximum atomic E-state index is 12.9. The van der Waals surface area contributed by atoms with Crippen LogP contribution < -0.4 is 4.74 Å². The molecule has 0 bridgehead atoms. The summed E-state index contributed by atoms with van der Waals surface area (Å²) in [6.45, 7) is 10.4. The number of hydrogen-bond acceptors (Lipinski definition) is 3. The second kappa shape index (κ2) is 8.65. The van der Waals surface area contributed by atoms with Gasteiger partial charge in [-0.25, -0.2) is 4.79 Å². The fourth-order valence-electron chi connectivity index (χ4n) is 3.77. The molecule has 0 amide bonds. The van der Waals surface area contributed by atoms with Gasteiger partial charge in [-0.2, -0.15) is 0 Å². The van der Waals surface area contributed by atoms with E-state index in [1.807, 2.05) is 56.3 Å². The van der Waals surface area contributed by atoms with Gasteiger partial charge in [0, 0.05) is 21.5 Å². The maximum absolute atomic E-state index is 12.9. The third kappa shape index (κ3) is 4.76. The lowest BCUT2D eigenvalue weighted by Gasteiger charge is -2.33. The molecular weight excluding hydrogens is 440 g/mol. The van der Waals surface area contributed by atoms with E-state index in [1.165, 1.54) is 0 Å². The Hall–Kier alpha value is -2.59. The first-order valence-corrected chi connectivity index (χ1v) is 10.7. The molecule has 1 atom stereocenters. The molecular formula is C26H27BrO3. The highest BCUT2D eigenvalue weighted by Crippen LogP contribution is 2.47. The van der Waals surface area contributed by atoms with Gasteiger partial charge in [0.15, 0.2) is 0 Å². The van der Waals surface area contributed by atoms with Gasteiger partial charge in [-0.05, 0) is 59.5 Å². The SMILES string of the molecule is Cc1ccc(O)c([C@@H](c2cc(C)ccc2OC(=O)c2ccccc2Br)C(C)(C)C)c1. The topological polar surface area (TPSA) is 46.5 Å². The van der Waals surface area contributed by atoms with Crippen molar-refractivity contribution in [1.29, 1.82) is 0 Å². The predicted octanol–water partition coefficient (Wildman–Crippen LogP) is 7.17. The minimum Gasteiger partial charge on any atom is -0.508 e. The molecule has 0 aromatic heterocycles. The number of phenolic OH excluding ortho intramolecular Hbond substituents is 1. The van der Waals surface area contributed by atoms with Crippen LogP contribution >= 0.6 is 15.9 Å². The number of halogens is 1. The van der Waals surface area contributed by atoms with E-state index in [-0.39, 0.29) is 17.1 Å². The zero-order chi connectivity index (χ0) is 22.1. The summed E-state index contributed by atoms with van der Waals surface area (Å²) in [5.74, 6) is 0.153. The van der Waals surface area contributed by atoms with Gasteiger partial charge >= 0.3 is 5.97 Å². The Bertz CT molecular complexity index is 1080. The summed E-state index contributed by atoms with van der Waals surface area (Å²) in [6, 6.07) is 18.6. The zero-order valence-electron chi connectivity index (χ0n) is 18.0. The molecule has 0 unspecified atom stereocenters. The molecule has 0 heterocycles. The molecule has 0 aliphatic heterocycles. The van der Waals surface area contributed by atoms with E-state index in [0.29, 0.717) is 15.8 Å². The molecule has 0 saturated carbocycles. The molecule has 0 aliphatic carbocycles. The van der Waals surface area contributed by atoms with Crippen molar-refractivity contribution in [2.75, 3.05) is 0 Å². The quantitative estimate of drug-likeness (QED) is 0.327. The van der Waals surface area contributed by atoms with Gasteiger partial charge in [0.05, 0.1) is 5.56 Å². The Morgan fingerprint density at radius 3 is 2.17 bits per heavy atom. The molecule has 0 saturated heterocycles. The van der Waals surface area contributed by atoms with Gasteiger partial charge in [-0.1, -0.05) is 68.3 Å². The minimum atomic E-state index is -0.422. The average molecular weight is 467 g/mol. The molecule has 0 aliphatic rings. The standard InChI is InChI=1S/C26H27BrO3/c1-16-10-12-22(28)19(14-16)24(26(3,4)5)20-15-17(2)11-13-23(20)30-25(29)18-8-6-7-9-21(18)27/h6-15,24,28H,1-5H3/t24-/m0/s1. The van der Waals surface area contributed by atoms with Crippen molar-refractivity contribution < 1.29 is 14.6 Å². The van der Waals surface area contributed by atoms with E-state index in [1.54, 1.807) is 18.2 Å². The second-order valence-corrected chi connectivity index (χ2v) is 9.63. The summed E-state index contributed by atoms with van der Waals surface area (Å²) in [5.41, 5.74) is 4.07. The molecule has 3 aromatic carbocycles. The van der Waals surface area contributed by atoms with Crippen molar-refractivity contribution in [1.82, 2.24) is 0 Å². The average Bonchev–Trinajstić information content (AvgIpc) is 2.66. The molecule has 1 N–H and O–H groups in total. The fourth-order valence-corrected chi connectivity index (χ4v) is 4.22. The third-order valence-corrected chi connectivity index (χ3v) is 5.82. The number of esters is 1. The van der Waals surface area contributed by atoms with Gasteiger partial charge in [0.25, 0.3) is 0 Å². The second-order valence-electron chi connectivity index (χ2n) is 8.77. The molecule has 3 aromatic rings. The first-order valence-electron chi connectivity index (χ1n) is 9.94. The largest absolute Gasteiger partial charge is 0.508 e. The zero-order valence-corrected chi connectivity index (χ0v) is 19.6. The molecule has 4 heteroatoms. The number of carbonyl (C=O) groups excluding carboxylic acids is 1. The number of aryl methyl sites for hydroxylation is 2. The summed E-state index contributed by atoms with van der Waals surface area (Å²) < 4.78 is 6.57. The van der Waals surface area contributed by atoms with E-state index >= 15 is 0 Å². The van der Waals surface area contributed by atoms with Gasteiger partial charge < -0.3 is 9.84 Å². The summed E-state index contributed by atoms with van der Waals surface area (Å²) in [5, 5.41) is 10.7. The molecule has 0 radical (unpaired) electrons. The van der Waals surface area contributed by atoms with Crippen molar-refractivity contribution in [3.05, 3.63) is 93.0 Å². The summed E-state index contributed by atoms with van der Waals surface area (Å²) in [4.78, 5) is 12.9. The summed E-state index contributed by atoms with van der Waals surface area (Å²) >= 11 is 3.42. The first kappa shape index (κ1) is 22.1. The van der Waals surface area contributed by atoms with Gasteiger partial charge in [0.1, 0.15) is 11.5 Å². The van der Waals surface area contributed by atoms with E-state index < -0.39 is 5.97 Å². The summed E-state index contributed by atoms with van der Waals surface area (Å²) in [7, 11) is 0.